The lowest BCUT2D eigenvalue weighted by Crippen LogP contribution is -2.13. The molecule has 3 aromatic rings. The molecule has 0 heterocycles. The Hall–Kier alpha value is -4.54. The van der Waals surface area contributed by atoms with Crippen LogP contribution in [0.15, 0.2) is 78.9 Å². The molecule has 0 saturated carbocycles. The van der Waals surface area contributed by atoms with Crippen molar-refractivity contribution in [3.05, 3.63) is 106 Å². The zero-order valence-electron chi connectivity index (χ0n) is 20.4. The molecule has 7 nitrogen and oxygen atoms in total. The number of nitrogens with zero attached hydrogens (tertiary/aromatic N) is 1. The van der Waals surface area contributed by atoms with Gasteiger partial charge in [0.05, 0.1) is 19.8 Å². The number of ether oxygens (including phenoxy) is 3. The second-order valence-corrected chi connectivity index (χ2v) is 8.25. The maximum absolute atomic E-state index is 12.8. The first-order valence-corrected chi connectivity index (χ1v) is 11.6. The molecule has 0 fully saturated rings. The topological polar surface area (TPSA) is 97.7 Å². The molecule has 0 saturated heterocycles. The molecular formula is C29H25ClN2O5. The molecule has 3 rings (SSSR count). The normalized spacial score (nSPS) is 10.7. The van der Waals surface area contributed by atoms with Gasteiger partial charge in [0.25, 0.3) is 5.91 Å². The molecule has 0 unspecified atom stereocenters. The van der Waals surface area contributed by atoms with E-state index in [4.69, 9.17) is 21.1 Å². The number of allylic oxidation sites excluding steroid dienone is 1. The number of amides is 1. The number of benzene rings is 3. The van der Waals surface area contributed by atoms with Gasteiger partial charge in [0.15, 0.2) is 11.5 Å². The summed E-state index contributed by atoms with van der Waals surface area (Å²) in [5.41, 5.74) is 2.90. The number of nitriles is 1. The van der Waals surface area contributed by atoms with Crippen molar-refractivity contribution in [3.63, 3.8) is 0 Å². The van der Waals surface area contributed by atoms with Gasteiger partial charge in [-0.2, -0.15) is 5.26 Å². The molecule has 1 amide bonds. The molecular weight excluding hydrogens is 492 g/mol. The molecule has 0 aliphatic rings. The number of rotatable bonds is 10. The maximum atomic E-state index is 12.8. The molecule has 0 aromatic heterocycles. The summed E-state index contributed by atoms with van der Waals surface area (Å²) in [5.74, 6) is -0.101. The molecule has 3 aromatic carbocycles. The molecule has 1 N–H and O–H groups in total. The zero-order valence-corrected chi connectivity index (χ0v) is 21.2. The minimum Gasteiger partial charge on any atom is -0.493 e. The van der Waals surface area contributed by atoms with Crippen molar-refractivity contribution in [2.45, 2.75) is 13.0 Å². The molecule has 8 heteroatoms. The van der Waals surface area contributed by atoms with E-state index in [0.717, 1.165) is 11.1 Å². The molecule has 0 aliphatic carbocycles. The van der Waals surface area contributed by atoms with E-state index in [1.165, 1.54) is 32.4 Å². The second-order valence-electron chi connectivity index (χ2n) is 7.82. The van der Waals surface area contributed by atoms with Crippen LogP contribution >= 0.6 is 11.6 Å². The minimum atomic E-state index is -0.598. The lowest BCUT2D eigenvalue weighted by molar-refractivity contribution is -0.112. The van der Waals surface area contributed by atoms with Gasteiger partial charge in [-0.05, 0) is 72.2 Å². The number of nitrogens with one attached hydrogen (secondary N) is 1. The minimum absolute atomic E-state index is 0.115. The number of anilines is 1. The van der Waals surface area contributed by atoms with Crippen LogP contribution in [0.5, 0.6) is 11.5 Å². The van der Waals surface area contributed by atoms with Crippen molar-refractivity contribution < 1.29 is 23.8 Å². The maximum Gasteiger partial charge on any atom is 0.337 e. The highest BCUT2D eigenvalue weighted by Gasteiger charge is 2.15. The van der Waals surface area contributed by atoms with Crippen LogP contribution in [-0.4, -0.2) is 26.1 Å². The molecule has 0 radical (unpaired) electrons. The van der Waals surface area contributed by atoms with Gasteiger partial charge in [-0.25, -0.2) is 4.79 Å². The van der Waals surface area contributed by atoms with E-state index in [1.54, 1.807) is 30.3 Å². The molecule has 0 bridgehead atoms. The summed E-state index contributed by atoms with van der Waals surface area (Å²) in [5, 5.41) is 12.9. The summed E-state index contributed by atoms with van der Waals surface area (Å²) in [6.07, 6.45) is 3.67. The van der Waals surface area contributed by atoms with Gasteiger partial charge < -0.3 is 19.5 Å². The van der Waals surface area contributed by atoms with Crippen LogP contribution < -0.4 is 14.8 Å². The van der Waals surface area contributed by atoms with E-state index in [1.807, 2.05) is 30.3 Å². The van der Waals surface area contributed by atoms with Crippen LogP contribution in [0.3, 0.4) is 0 Å². The lowest BCUT2D eigenvalue weighted by atomic mass is 10.0. The summed E-state index contributed by atoms with van der Waals surface area (Å²) in [6, 6.07) is 18.9. The highest BCUT2D eigenvalue weighted by molar-refractivity contribution is 6.30. The first-order chi connectivity index (χ1) is 17.9. The fraction of sp³-hybridized carbons (Fsp3) is 0.138. The molecule has 188 valence electrons. The molecule has 37 heavy (non-hydrogen) atoms. The van der Waals surface area contributed by atoms with Crippen molar-refractivity contribution in [1.82, 2.24) is 0 Å². The highest BCUT2D eigenvalue weighted by atomic mass is 35.5. The summed E-state index contributed by atoms with van der Waals surface area (Å²) in [6.45, 7) is 4.09. The Morgan fingerprint density at radius 2 is 1.86 bits per heavy atom. The predicted molar refractivity (Wildman–Crippen MR) is 143 cm³/mol. The van der Waals surface area contributed by atoms with Gasteiger partial charge in [0.2, 0.25) is 0 Å². The molecule has 0 spiro atoms. The van der Waals surface area contributed by atoms with Crippen LogP contribution in [0.25, 0.3) is 6.08 Å². The largest absolute Gasteiger partial charge is 0.493 e. The van der Waals surface area contributed by atoms with Crippen LogP contribution in [0.1, 0.15) is 27.0 Å². The fourth-order valence-corrected chi connectivity index (χ4v) is 3.71. The standard InChI is InChI=1S/C29H25ClN2O5/c1-4-6-22-13-20(16-26(35-2)27(22)37-18-19-7-5-8-24(30)15-19)14-23(17-31)28(33)32-25-11-9-21(10-12-25)29(34)36-3/h4-5,7-16H,1,6,18H2,2-3H3,(H,32,33)/b23-14+. The van der Waals surface area contributed by atoms with Crippen LogP contribution in [0.2, 0.25) is 5.02 Å². The fourth-order valence-electron chi connectivity index (χ4n) is 3.49. The van der Waals surface area contributed by atoms with Gasteiger partial charge in [0.1, 0.15) is 18.2 Å². The Balaban J connectivity index is 1.86. The Labute approximate surface area is 220 Å². The van der Waals surface area contributed by atoms with Gasteiger partial charge in [-0.15, -0.1) is 6.58 Å². The SMILES string of the molecule is C=CCc1cc(/C=C(\C#N)C(=O)Nc2ccc(C(=O)OC)cc2)cc(OC)c1OCc1cccc(Cl)c1. The number of hydrogen-bond donors (Lipinski definition) is 1. The molecule has 0 aliphatic heterocycles. The van der Waals surface area contributed by atoms with Crippen molar-refractivity contribution in [2.24, 2.45) is 0 Å². The quantitative estimate of drug-likeness (QED) is 0.154. The molecule has 0 atom stereocenters. The summed E-state index contributed by atoms with van der Waals surface area (Å²) >= 11 is 6.07. The number of carbonyl (C=O) groups is 2. The van der Waals surface area contributed by atoms with E-state index >= 15 is 0 Å². The van der Waals surface area contributed by atoms with Crippen LogP contribution in [-0.2, 0) is 22.6 Å². The first-order valence-electron chi connectivity index (χ1n) is 11.2. The summed E-state index contributed by atoms with van der Waals surface area (Å²) < 4.78 is 16.3. The number of hydrogen-bond acceptors (Lipinski definition) is 6. The highest BCUT2D eigenvalue weighted by Crippen LogP contribution is 2.35. The first kappa shape index (κ1) is 27.1. The van der Waals surface area contributed by atoms with Crippen LogP contribution in [0, 0.1) is 11.3 Å². The van der Waals surface area contributed by atoms with E-state index in [0.29, 0.717) is 39.8 Å². The Morgan fingerprint density at radius 1 is 1.11 bits per heavy atom. The van der Waals surface area contributed by atoms with Crippen molar-refractivity contribution in [3.8, 4) is 17.6 Å². The van der Waals surface area contributed by atoms with Crippen LogP contribution in [0.4, 0.5) is 5.69 Å². The smallest absolute Gasteiger partial charge is 0.337 e. The Bertz CT molecular complexity index is 1370. The van der Waals surface area contributed by atoms with Crippen molar-refractivity contribution >= 4 is 35.2 Å². The van der Waals surface area contributed by atoms with Crippen molar-refractivity contribution in [1.29, 1.82) is 5.26 Å². The Morgan fingerprint density at radius 3 is 2.49 bits per heavy atom. The van der Waals surface area contributed by atoms with E-state index in [2.05, 4.69) is 16.6 Å². The van der Waals surface area contributed by atoms with Gasteiger partial charge >= 0.3 is 5.97 Å². The third-order valence-electron chi connectivity index (χ3n) is 5.25. The number of carbonyl (C=O) groups excluding carboxylic acids is 2. The van der Waals surface area contributed by atoms with Gasteiger partial charge in [0, 0.05) is 16.3 Å². The average Bonchev–Trinajstić information content (AvgIpc) is 2.90. The van der Waals surface area contributed by atoms with Gasteiger partial charge in [-0.3, -0.25) is 4.79 Å². The third kappa shape index (κ3) is 7.23. The van der Waals surface area contributed by atoms with E-state index < -0.39 is 11.9 Å². The Kier molecular flexibility index (Phi) is 9.48. The van der Waals surface area contributed by atoms with E-state index in [-0.39, 0.29) is 12.2 Å². The number of esters is 1. The monoisotopic (exact) mass is 516 g/mol. The zero-order chi connectivity index (χ0) is 26.8. The lowest BCUT2D eigenvalue weighted by Gasteiger charge is -2.16. The summed E-state index contributed by atoms with van der Waals surface area (Å²) in [7, 11) is 2.80. The third-order valence-corrected chi connectivity index (χ3v) is 5.49. The predicted octanol–water partition coefficient (Wildman–Crippen LogP) is 5.99. The second kappa shape index (κ2) is 13.0. The van der Waals surface area contributed by atoms with Crippen molar-refractivity contribution in [2.75, 3.05) is 19.5 Å². The summed E-state index contributed by atoms with van der Waals surface area (Å²) in [4.78, 5) is 24.4. The van der Waals surface area contributed by atoms with Gasteiger partial charge in [-0.1, -0.05) is 29.8 Å². The number of methoxy groups -OCH3 is 2. The number of halogens is 1. The van der Waals surface area contributed by atoms with E-state index in [9.17, 15) is 14.9 Å². The average molecular weight is 517 g/mol.